The lowest BCUT2D eigenvalue weighted by atomic mass is 9.88. The van der Waals surface area contributed by atoms with Crippen molar-refractivity contribution in [1.29, 1.82) is 0 Å². The molecule has 2 aliphatic carbocycles. The molecule has 3 rings (SSSR count). The first-order valence-corrected chi connectivity index (χ1v) is 6.13. The third-order valence-corrected chi connectivity index (χ3v) is 3.40. The molecule has 0 heterocycles. The molecular weight excluding hydrogens is 242 g/mol. The van der Waals surface area contributed by atoms with E-state index in [4.69, 9.17) is 9.94 Å². The van der Waals surface area contributed by atoms with Crippen LogP contribution in [0, 0.1) is 5.92 Å². The standard InChI is InChI=1S/C15H13NO3/c17-14(18)9-19-16-15-12-7-3-1-5-10(12)11-6-2-4-8-13(11)15/h1-8,10,12H,9H2,(H,17,18)/b16-15+. The maximum absolute atomic E-state index is 10.5. The molecule has 0 aliphatic heterocycles. The van der Waals surface area contributed by atoms with Crippen molar-refractivity contribution in [1.82, 2.24) is 0 Å². The van der Waals surface area contributed by atoms with Crippen molar-refractivity contribution in [2.75, 3.05) is 6.61 Å². The van der Waals surface area contributed by atoms with Crippen molar-refractivity contribution >= 4 is 11.7 Å². The van der Waals surface area contributed by atoms with Gasteiger partial charge in [-0.25, -0.2) is 4.79 Å². The monoisotopic (exact) mass is 255 g/mol. The zero-order valence-electron chi connectivity index (χ0n) is 10.2. The van der Waals surface area contributed by atoms with Crippen LogP contribution in [0.15, 0.2) is 53.7 Å². The predicted octanol–water partition coefficient (Wildman–Crippen LogP) is 2.33. The fourth-order valence-corrected chi connectivity index (χ4v) is 2.63. The van der Waals surface area contributed by atoms with Gasteiger partial charge in [0.1, 0.15) is 0 Å². The van der Waals surface area contributed by atoms with Gasteiger partial charge in [-0.3, -0.25) is 0 Å². The molecule has 19 heavy (non-hydrogen) atoms. The van der Waals surface area contributed by atoms with Gasteiger partial charge >= 0.3 is 5.97 Å². The van der Waals surface area contributed by atoms with Crippen LogP contribution in [0.4, 0.5) is 0 Å². The van der Waals surface area contributed by atoms with Crippen LogP contribution in [0.1, 0.15) is 17.0 Å². The Bertz CT molecular complexity index is 601. The van der Waals surface area contributed by atoms with Gasteiger partial charge in [-0.1, -0.05) is 53.7 Å². The number of allylic oxidation sites excluding steroid dienone is 4. The van der Waals surface area contributed by atoms with Crippen molar-refractivity contribution in [3.05, 3.63) is 59.7 Å². The molecule has 0 amide bonds. The average Bonchev–Trinajstić information content (AvgIpc) is 2.74. The van der Waals surface area contributed by atoms with Crippen LogP contribution < -0.4 is 0 Å². The maximum Gasteiger partial charge on any atom is 0.344 e. The van der Waals surface area contributed by atoms with Gasteiger partial charge in [0.15, 0.2) is 0 Å². The van der Waals surface area contributed by atoms with Gasteiger partial charge in [0.25, 0.3) is 0 Å². The molecule has 0 spiro atoms. The molecule has 1 aromatic carbocycles. The summed E-state index contributed by atoms with van der Waals surface area (Å²) >= 11 is 0. The van der Waals surface area contributed by atoms with E-state index < -0.39 is 12.6 Å². The average molecular weight is 255 g/mol. The Labute approximate surface area is 110 Å². The Morgan fingerprint density at radius 1 is 1.21 bits per heavy atom. The summed E-state index contributed by atoms with van der Waals surface area (Å²) in [6, 6.07) is 8.04. The van der Waals surface area contributed by atoms with E-state index in [0.717, 1.165) is 11.3 Å². The smallest absolute Gasteiger partial charge is 0.344 e. The molecule has 1 aromatic rings. The number of carbonyl (C=O) groups is 1. The van der Waals surface area contributed by atoms with Crippen LogP contribution in [0.25, 0.3) is 0 Å². The van der Waals surface area contributed by atoms with E-state index in [9.17, 15) is 4.79 Å². The van der Waals surface area contributed by atoms with E-state index in [2.05, 4.69) is 23.4 Å². The number of nitrogens with zero attached hydrogens (tertiary/aromatic N) is 1. The topological polar surface area (TPSA) is 58.9 Å². The second-order valence-electron chi connectivity index (χ2n) is 4.55. The van der Waals surface area contributed by atoms with E-state index in [1.54, 1.807) is 0 Å². The zero-order valence-corrected chi connectivity index (χ0v) is 10.2. The van der Waals surface area contributed by atoms with Crippen LogP contribution in [-0.4, -0.2) is 23.4 Å². The fraction of sp³-hybridized carbons (Fsp3) is 0.200. The van der Waals surface area contributed by atoms with Crippen molar-refractivity contribution in [3.8, 4) is 0 Å². The second-order valence-corrected chi connectivity index (χ2v) is 4.55. The summed E-state index contributed by atoms with van der Waals surface area (Å²) in [4.78, 5) is 15.4. The summed E-state index contributed by atoms with van der Waals surface area (Å²) in [6.45, 7) is -0.414. The van der Waals surface area contributed by atoms with Crippen molar-refractivity contribution < 1.29 is 14.7 Å². The van der Waals surface area contributed by atoms with Crippen molar-refractivity contribution in [3.63, 3.8) is 0 Å². The number of hydrogen-bond acceptors (Lipinski definition) is 3. The highest BCUT2D eigenvalue weighted by molar-refractivity contribution is 6.08. The zero-order chi connectivity index (χ0) is 13.2. The Balaban J connectivity index is 1.97. The first-order valence-electron chi connectivity index (χ1n) is 6.13. The van der Waals surface area contributed by atoms with Crippen LogP contribution >= 0.6 is 0 Å². The lowest BCUT2D eigenvalue weighted by molar-refractivity contribution is -0.142. The molecule has 4 heteroatoms. The summed E-state index contributed by atoms with van der Waals surface area (Å²) in [5.74, 6) is -0.615. The lowest BCUT2D eigenvalue weighted by Gasteiger charge is -2.15. The number of rotatable bonds is 3. The summed E-state index contributed by atoms with van der Waals surface area (Å²) in [6.07, 6.45) is 8.23. The minimum atomic E-state index is -1.02. The van der Waals surface area contributed by atoms with Crippen LogP contribution in [0.2, 0.25) is 0 Å². The largest absolute Gasteiger partial charge is 0.479 e. The molecule has 0 bridgehead atoms. The van der Waals surface area contributed by atoms with Crippen molar-refractivity contribution in [2.45, 2.75) is 5.92 Å². The lowest BCUT2D eigenvalue weighted by Crippen LogP contribution is -2.14. The SMILES string of the molecule is O=C(O)CO/N=C1/c2ccccc2C2C=CC=CC12. The first-order chi connectivity index (χ1) is 9.27. The van der Waals surface area contributed by atoms with E-state index in [0.29, 0.717) is 0 Å². The number of hydrogen-bond donors (Lipinski definition) is 1. The minimum absolute atomic E-state index is 0.135. The Kier molecular flexibility index (Phi) is 2.91. The third-order valence-electron chi connectivity index (χ3n) is 3.40. The fourth-order valence-electron chi connectivity index (χ4n) is 2.63. The van der Waals surface area contributed by atoms with Gasteiger partial charge in [0.2, 0.25) is 6.61 Å². The van der Waals surface area contributed by atoms with Gasteiger partial charge in [-0.15, -0.1) is 0 Å². The highest BCUT2D eigenvalue weighted by Gasteiger charge is 2.36. The minimum Gasteiger partial charge on any atom is -0.479 e. The molecule has 0 radical (unpaired) electrons. The van der Waals surface area contributed by atoms with Crippen LogP contribution in [0.3, 0.4) is 0 Å². The molecule has 4 nitrogen and oxygen atoms in total. The number of benzene rings is 1. The number of carboxylic acid groups (broad SMARTS) is 1. The quantitative estimate of drug-likeness (QED) is 0.843. The summed E-state index contributed by atoms with van der Waals surface area (Å²) in [5.41, 5.74) is 3.06. The van der Waals surface area contributed by atoms with Gasteiger partial charge in [0, 0.05) is 17.4 Å². The van der Waals surface area contributed by atoms with Gasteiger partial charge in [-0.05, 0) is 5.56 Å². The Morgan fingerprint density at radius 2 is 1.95 bits per heavy atom. The van der Waals surface area contributed by atoms with Gasteiger partial charge < -0.3 is 9.94 Å². The first kappa shape index (κ1) is 11.7. The number of carboxylic acids is 1. The van der Waals surface area contributed by atoms with E-state index in [-0.39, 0.29) is 11.8 Å². The molecule has 0 aromatic heterocycles. The number of aliphatic carboxylic acids is 1. The van der Waals surface area contributed by atoms with Crippen LogP contribution in [0.5, 0.6) is 0 Å². The summed E-state index contributed by atoms with van der Waals surface area (Å²) < 4.78 is 0. The molecule has 0 saturated heterocycles. The van der Waals surface area contributed by atoms with Crippen LogP contribution in [-0.2, 0) is 9.63 Å². The second kappa shape index (κ2) is 4.72. The molecule has 2 unspecified atom stereocenters. The van der Waals surface area contributed by atoms with E-state index in [1.807, 2.05) is 30.4 Å². The summed E-state index contributed by atoms with van der Waals surface area (Å²) in [7, 11) is 0. The Hall–Kier alpha value is -2.36. The molecular formula is C15H13NO3. The normalized spacial score (nSPS) is 25.2. The number of fused-ring (bicyclic) bond motifs is 3. The molecule has 2 aliphatic rings. The molecule has 0 fully saturated rings. The molecule has 0 saturated carbocycles. The maximum atomic E-state index is 10.5. The van der Waals surface area contributed by atoms with Crippen molar-refractivity contribution in [2.24, 2.45) is 11.1 Å². The van der Waals surface area contributed by atoms with Gasteiger partial charge in [-0.2, -0.15) is 0 Å². The van der Waals surface area contributed by atoms with E-state index >= 15 is 0 Å². The number of oxime groups is 1. The molecule has 1 N–H and O–H groups in total. The van der Waals surface area contributed by atoms with Gasteiger partial charge in [0.05, 0.1) is 5.71 Å². The Morgan fingerprint density at radius 3 is 2.74 bits per heavy atom. The summed E-state index contributed by atoms with van der Waals surface area (Å²) in [5, 5.41) is 12.6. The van der Waals surface area contributed by atoms with E-state index in [1.165, 1.54) is 5.56 Å². The highest BCUT2D eigenvalue weighted by Crippen LogP contribution is 2.41. The molecule has 96 valence electrons. The third kappa shape index (κ3) is 2.05. The predicted molar refractivity (Wildman–Crippen MR) is 71.1 cm³/mol. The highest BCUT2D eigenvalue weighted by atomic mass is 16.6. The molecule has 2 atom stereocenters.